The lowest BCUT2D eigenvalue weighted by Crippen LogP contribution is -2.59. The Hall–Kier alpha value is -4.60. The number of rotatable bonds is 9. The van der Waals surface area contributed by atoms with Crippen LogP contribution in [0.5, 0.6) is 11.5 Å². The van der Waals surface area contributed by atoms with E-state index in [1.165, 1.54) is 11.0 Å². The van der Waals surface area contributed by atoms with Crippen LogP contribution in [0.25, 0.3) is 10.9 Å². The van der Waals surface area contributed by atoms with Crippen LogP contribution in [-0.4, -0.2) is 104 Å². The Morgan fingerprint density at radius 2 is 1.75 bits per heavy atom. The minimum absolute atomic E-state index is 0.0237. The maximum Gasteiger partial charge on any atom is 0.407 e. The number of aryl methyl sites for hydroxylation is 1. The van der Waals surface area contributed by atoms with Gasteiger partial charge in [0.15, 0.2) is 0 Å². The number of hydrogen-bond acceptors (Lipinski definition) is 11. The summed E-state index contributed by atoms with van der Waals surface area (Å²) < 4.78 is 46.7. The van der Waals surface area contributed by atoms with E-state index in [2.05, 4.69) is 46.7 Å². The molecule has 5 fully saturated rings. The molecule has 2 saturated heterocycles. The summed E-state index contributed by atoms with van der Waals surface area (Å²) in [6.45, 7) is 9.83. The molecule has 2 aromatic rings. The lowest BCUT2D eigenvalue weighted by Gasteiger charge is -2.35. The number of sulfonamides is 1. The van der Waals surface area contributed by atoms with E-state index in [4.69, 9.17) is 19.2 Å². The van der Waals surface area contributed by atoms with Gasteiger partial charge in [-0.05, 0) is 93.6 Å². The zero-order valence-electron chi connectivity index (χ0n) is 35.8. The first-order valence-electron chi connectivity index (χ1n) is 22.4. The van der Waals surface area contributed by atoms with E-state index >= 15 is 4.79 Å². The van der Waals surface area contributed by atoms with E-state index in [0.29, 0.717) is 36.3 Å². The molecule has 3 aliphatic carbocycles. The van der Waals surface area contributed by atoms with E-state index in [-0.39, 0.29) is 37.3 Å². The van der Waals surface area contributed by atoms with Crippen molar-refractivity contribution in [1.29, 1.82) is 0 Å². The van der Waals surface area contributed by atoms with Gasteiger partial charge < -0.3 is 34.6 Å². The number of piperidine rings is 1. The highest BCUT2D eigenvalue weighted by atomic mass is 32.2. The van der Waals surface area contributed by atoms with Crippen molar-refractivity contribution in [1.82, 2.24) is 25.2 Å². The Balaban J connectivity index is 1.18. The Kier molecular flexibility index (Phi) is 12.2. The third-order valence-corrected chi connectivity index (χ3v) is 15.6. The minimum Gasteiger partial charge on any atom is -0.496 e. The molecule has 0 unspecified atom stereocenters. The maximum absolute atomic E-state index is 15.1. The van der Waals surface area contributed by atoms with E-state index in [1.807, 2.05) is 12.1 Å². The number of nitrogens with one attached hydrogen (secondary N) is 3. The summed E-state index contributed by atoms with van der Waals surface area (Å²) in [5.41, 5.74) is -0.223. The minimum atomic E-state index is -3.91. The molecule has 3 N–H and O–H groups in total. The van der Waals surface area contributed by atoms with Crippen LogP contribution in [0, 0.1) is 17.3 Å². The number of carbonyl (C=O) groups is 4. The molecular weight excluding hydrogens is 801 g/mol. The number of cyclic esters (lactones) is 1. The molecule has 16 heteroatoms. The average Bonchev–Trinajstić information content (AvgIpc) is 4.18. The van der Waals surface area contributed by atoms with E-state index < -0.39 is 68.7 Å². The summed E-state index contributed by atoms with van der Waals surface area (Å²) in [6.07, 6.45) is 11.1. The van der Waals surface area contributed by atoms with Crippen molar-refractivity contribution in [3.05, 3.63) is 36.4 Å². The maximum atomic E-state index is 15.1. The second-order valence-corrected chi connectivity index (χ2v) is 20.9. The number of amides is 4. The molecular formula is C45H62N6O9S. The number of aromatic nitrogens is 1. The van der Waals surface area contributed by atoms with Gasteiger partial charge in [0.25, 0.3) is 5.91 Å². The molecule has 3 aliphatic heterocycles. The quantitative estimate of drug-likeness (QED) is 0.279. The lowest BCUT2D eigenvalue weighted by molar-refractivity contribution is -0.142. The number of benzene rings is 1. The highest BCUT2D eigenvalue weighted by molar-refractivity contribution is 7.91. The smallest absolute Gasteiger partial charge is 0.407 e. The third kappa shape index (κ3) is 9.29. The van der Waals surface area contributed by atoms with Crippen molar-refractivity contribution in [2.24, 2.45) is 17.3 Å². The Morgan fingerprint density at radius 1 is 1.02 bits per heavy atom. The number of carbonyl (C=O) groups excluding carboxylic acids is 4. The van der Waals surface area contributed by atoms with Gasteiger partial charge >= 0.3 is 6.09 Å². The number of ether oxygens (including phenoxy) is 3. The van der Waals surface area contributed by atoms with Crippen LogP contribution >= 0.6 is 0 Å². The molecule has 1 aromatic heterocycles. The summed E-state index contributed by atoms with van der Waals surface area (Å²) >= 11 is 0. The topological polar surface area (TPSA) is 186 Å². The van der Waals surface area contributed by atoms with Gasteiger partial charge in [-0.2, -0.15) is 0 Å². The van der Waals surface area contributed by atoms with Gasteiger partial charge in [-0.15, -0.1) is 6.58 Å². The van der Waals surface area contributed by atoms with Gasteiger partial charge in [0, 0.05) is 42.9 Å². The Morgan fingerprint density at radius 3 is 2.44 bits per heavy atom. The number of fused-ring (bicyclic) bond motifs is 3. The van der Waals surface area contributed by atoms with Gasteiger partial charge in [-0.1, -0.05) is 39.2 Å². The zero-order valence-corrected chi connectivity index (χ0v) is 36.7. The van der Waals surface area contributed by atoms with Crippen LogP contribution in [0.4, 0.5) is 10.6 Å². The summed E-state index contributed by atoms with van der Waals surface area (Å²) in [4.78, 5) is 66.0. The van der Waals surface area contributed by atoms with Gasteiger partial charge in [0.05, 0.1) is 31.0 Å². The first-order valence-corrected chi connectivity index (χ1v) is 23.9. The van der Waals surface area contributed by atoms with Crippen molar-refractivity contribution in [3.63, 3.8) is 0 Å². The molecule has 6 aliphatic rings. The molecule has 3 saturated carbocycles. The third-order valence-electron chi connectivity index (χ3n) is 13.8. The second-order valence-electron chi connectivity index (χ2n) is 19.0. The molecule has 1 aromatic carbocycles. The first kappa shape index (κ1) is 43.1. The molecule has 332 valence electrons. The van der Waals surface area contributed by atoms with Crippen molar-refractivity contribution in [3.8, 4) is 11.5 Å². The number of hydrogen-bond donors (Lipinski definition) is 3. The van der Waals surface area contributed by atoms with Gasteiger partial charge in [0.1, 0.15) is 41.0 Å². The summed E-state index contributed by atoms with van der Waals surface area (Å²) in [5, 5.41) is 5.99. The summed E-state index contributed by atoms with van der Waals surface area (Å²) in [5.74, 6) is -0.472. The molecule has 0 radical (unpaired) electrons. The fourth-order valence-electron chi connectivity index (χ4n) is 9.88. The molecule has 15 nitrogen and oxygen atoms in total. The van der Waals surface area contributed by atoms with Crippen molar-refractivity contribution in [2.45, 2.75) is 139 Å². The number of nitrogens with zero attached hydrogens (tertiary/aromatic N) is 3. The molecule has 61 heavy (non-hydrogen) atoms. The highest BCUT2D eigenvalue weighted by Crippen LogP contribution is 2.46. The van der Waals surface area contributed by atoms with Gasteiger partial charge in [-0.25, -0.2) is 18.2 Å². The fourth-order valence-corrected chi connectivity index (χ4v) is 11.2. The summed E-state index contributed by atoms with van der Waals surface area (Å²) in [6, 6.07) is 3.92. The standard InChI is InChI=1S/C45H62N6O9S/c1-5-30-25-45(30,42(54)49-61(56,57)32-16-17-32)48-40(52)35-22-31-26-51(35)41(53)39(28-13-8-6-9-14-28)47-43(55)59-27-44(2,3)18-12-15-29-21-33-34(23-36(29)58-4)46-38(24-37(33)60-31)50-19-10-7-11-20-50/h5,21,23-24,28,30-32,35,39H,1,6-20,22,25-27H2,2-4H3,(H,47,55)(H,48,52)(H,49,54)/t30-,31+,35-,39-,45+/m0/s1. The number of alkyl carbamates (subject to hydrolysis) is 1. The number of anilines is 1. The SMILES string of the molecule is C=C[C@H]1C[C@]1(NC(=O)[C@@H]1C[C@@H]2CN1C(=O)[C@H](C1CCCCC1)NC(=O)OCC(C)(C)CCCc1cc3c(cc(N4CCCCC4)nc3cc1OC)O2)C(=O)NS(=O)(=O)C1CC1. The molecule has 5 atom stereocenters. The van der Waals surface area contributed by atoms with Crippen LogP contribution < -0.4 is 29.7 Å². The predicted molar refractivity (Wildman–Crippen MR) is 230 cm³/mol. The average molecular weight is 863 g/mol. The van der Waals surface area contributed by atoms with Gasteiger partial charge in [0.2, 0.25) is 21.8 Å². The van der Waals surface area contributed by atoms with Crippen molar-refractivity contribution < 1.29 is 41.8 Å². The number of pyridine rings is 1. The van der Waals surface area contributed by atoms with Crippen LogP contribution in [-0.2, 0) is 35.6 Å². The van der Waals surface area contributed by atoms with Crippen LogP contribution in [0.2, 0.25) is 0 Å². The molecule has 8 rings (SSSR count). The van der Waals surface area contributed by atoms with Crippen molar-refractivity contribution in [2.75, 3.05) is 38.3 Å². The van der Waals surface area contributed by atoms with Crippen LogP contribution in [0.1, 0.15) is 109 Å². The van der Waals surface area contributed by atoms with Crippen LogP contribution in [0.15, 0.2) is 30.9 Å². The molecule has 4 heterocycles. The monoisotopic (exact) mass is 862 g/mol. The molecule has 4 bridgehead atoms. The molecule has 4 amide bonds. The van der Waals surface area contributed by atoms with Crippen LogP contribution in [0.3, 0.4) is 0 Å². The van der Waals surface area contributed by atoms with E-state index in [0.717, 1.165) is 94.1 Å². The van der Waals surface area contributed by atoms with Gasteiger partial charge in [-0.3, -0.25) is 19.1 Å². The predicted octanol–water partition coefficient (Wildman–Crippen LogP) is 5.29. The zero-order chi connectivity index (χ0) is 43.1. The molecule has 0 spiro atoms. The second kappa shape index (κ2) is 17.3. The Labute approximate surface area is 359 Å². The Bertz CT molecular complexity index is 2150. The fraction of sp³-hybridized carbons (Fsp3) is 0.667. The van der Waals surface area contributed by atoms with E-state index in [1.54, 1.807) is 7.11 Å². The lowest BCUT2D eigenvalue weighted by atomic mass is 9.83. The van der Waals surface area contributed by atoms with E-state index in [9.17, 15) is 22.8 Å². The van der Waals surface area contributed by atoms with Crippen molar-refractivity contribution >= 4 is 50.6 Å². The largest absolute Gasteiger partial charge is 0.496 e. The first-order chi connectivity index (χ1) is 29.2. The summed E-state index contributed by atoms with van der Waals surface area (Å²) in [7, 11) is -2.25. The number of methoxy groups -OCH3 is 1. The highest BCUT2D eigenvalue weighted by Gasteiger charge is 2.62. The normalized spacial score (nSPS) is 28.8.